The van der Waals surface area contributed by atoms with Crippen molar-refractivity contribution in [1.29, 1.82) is 0 Å². The Bertz CT molecular complexity index is 3190. The normalized spacial score (nSPS) is 12.7. The summed E-state index contributed by atoms with van der Waals surface area (Å²) >= 11 is 1.87. The largest absolute Gasteiger partial charge is 0.310 e. The van der Waals surface area contributed by atoms with Gasteiger partial charge >= 0.3 is 0 Å². The van der Waals surface area contributed by atoms with E-state index in [1.165, 1.54) is 86.9 Å². The lowest BCUT2D eigenvalue weighted by Gasteiger charge is -2.30. The Hall–Kier alpha value is -7.00. The average Bonchev–Trinajstić information content (AvgIpc) is 3.79. The standard InChI is InChI=1S/C57H41NS/c1-57(2)50-29-11-9-25-47(50)49-37-42(33-34-51(49)57)45-27-15-30-52(55(45)39-19-7-4-8-20-39)58(43-23-13-21-40(35-43)38-17-5-3-6-18-38)44-24-14-22-41(36-44)46-28-16-32-54-56(46)48-26-10-12-31-53(48)59-54/h3-37H,1-2H3. The highest BCUT2D eigenvalue weighted by atomic mass is 32.1. The number of thiophene rings is 1. The number of benzene rings is 9. The molecular weight excluding hydrogens is 731 g/mol. The first-order valence-electron chi connectivity index (χ1n) is 20.4. The summed E-state index contributed by atoms with van der Waals surface area (Å²) < 4.78 is 2.62. The van der Waals surface area contributed by atoms with Gasteiger partial charge in [-0.1, -0.05) is 178 Å². The second-order valence-electron chi connectivity index (χ2n) is 16.1. The third-order valence-corrected chi connectivity index (χ3v) is 13.4. The van der Waals surface area contributed by atoms with Crippen molar-refractivity contribution in [2.24, 2.45) is 0 Å². The summed E-state index contributed by atoms with van der Waals surface area (Å²) in [7, 11) is 0. The van der Waals surface area contributed by atoms with Crippen molar-refractivity contribution in [3.63, 3.8) is 0 Å². The molecule has 1 aliphatic carbocycles. The summed E-state index contributed by atoms with van der Waals surface area (Å²) in [6.45, 7) is 4.70. The van der Waals surface area contributed by atoms with E-state index in [1.807, 2.05) is 11.3 Å². The number of fused-ring (bicyclic) bond motifs is 6. The Morgan fingerprint density at radius 3 is 1.75 bits per heavy atom. The smallest absolute Gasteiger partial charge is 0.0546 e. The van der Waals surface area contributed by atoms with Gasteiger partial charge in [-0.25, -0.2) is 0 Å². The van der Waals surface area contributed by atoms with Gasteiger partial charge in [0, 0.05) is 42.5 Å². The maximum absolute atomic E-state index is 2.47. The molecular formula is C57H41NS. The number of nitrogens with zero attached hydrogens (tertiary/aromatic N) is 1. The number of anilines is 3. The molecule has 0 radical (unpaired) electrons. The lowest BCUT2D eigenvalue weighted by molar-refractivity contribution is 0.660. The van der Waals surface area contributed by atoms with Gasteiger partial charge in [0.25, 0.3) is 0 Å². The van der Waals surface area contributed by atoms with E-state index in [4.69, 9.17) is 0 Å². The molecule has 2 heteroatoms. The fourth-order valence-corrected chi connectivity index (χ4v) is 10.6. The molecule has 0 amide bonds. The molecule has 11 rings (SSSR count). The Morgan fingerprint density at radius 1 is 0.373 bits per heavy atom. The second-order valence-corrected chi connectivity index (χ2v) is 17.2. The lowest BCUT2D eigenvalue weighted by atomic mass is 9.82. The van der Waals surface area contributed by atoms with Gasteiger partial charge in [0.05, 0.1) is 5.69 Å². The molecule has 10 aromatic rings. The number of hydrogen-bond acceptors (Lipinski definition) is 2. The SMILES string of the molecule is CC1(C)c2ccccc2-c2cc(-c3cccc(N(c4cccc(-c5ccccc5)c4)c4cccc(-c5cccc6sc7ccccc7c56)c4)c3-c3ccccc3)ccc21. The van der Waals surface area contributed by atoms with Gasteiger partial charge in [-0.3, -0.25) is 0 Å². The van der Waals surface area contributed by atoms with Crippen LogP contribution in [0.5, 0.6) is 0 Å². The third kappa shape index (κ3) is 5.91. The van der Waals surface area contributed by atoms with Crippen molar-refractivity contribution in [2.45, 2.75) is 19.3 Å². The molecule has 0 fully saturated rings. The molecule has 0 N–H and O–H groups in total. The summed E-state index contributed by atoms with van der Waals surface area (Å²) in [5.41, 5.74) is 18.3. The maximum atomic E-state index is 2.47. The third-order valence-electron chi connectivity index (χ3n) is 12.3. The van der Waals surface area contributed by atoms with Crippen LogP contribution in [0.25, 0.3) is 75.8 Å². The van der Waals surface area contributed by atoms with Gasteiger partial charge in [-0.15, -0.1) is 11.3 Å². The zero-order chi connectivity index (χ0) is 39.5. The van der Waals surface area contributed by atoms with Crippen LogP contribution in [0.4, 0.5) is 17.1 Å². The minimum atomic E-state index is -0.0558. The summed E-state index contributed by atoms with van der Waals surface area (Å²) in [6.07, 6.45) is 0. The van der Waals surface area contributed by atoms with Gasteiger partial charge < -0.3 is 4.90 Å². The van der Waals surface area contributed by atoms with Crippen molar-refractivity contribution >= 4 is 48.6 Å². The molecule has 1 heterocycles. The first kappa shape index (κ1) is 35.2. The van der Waals surface area contributed by atoms with Crippen LogP contribution in [0, 0.1) is 0 Å². The van der Waals surface area contributed by atoms with Crippen LogP contribution in [0.1, 0.15) is 25.0 Å². The topological polar surface area (TPSA) is 3.24 Å². The minimum absolute atomic E-state index is 0.0558. The van der Waals surface area contributed by atoms with Crippen molar-refractivity contribution in [2.75, 3.05) is 4.90 Å². The predicted molar refractivity (Wildman–Crippen MR) is 253 cm³/mol. The summed E-state index contributed by atoms with van der Waals surface area (Å²) in [5, 5.41) is 2.62. The molecule has 0 unspecified atom stereocenters. The zero-order valence-corrected chi connectivity index (χ0v) is 33.9. The molecule has 1 nitrogen and oxygen atoms in total. The number of rotatable bonds is 7. The van der Waals surface area contributed by atoms with E-state index in [9.17, 15) is 0 Å². The molecule has 1 aromatic heterocycles. The highest BCUT2D eigenvalue weighted by Crippen LogP contribution is 2.52. The van der Waals surface area contributed by atoms with E-state index in [0.717, 1.165) is 17.1 Å². The van der Waals surface area contributed by atoms with Gasteiger partial charge in [0.2, 0.25) is 0 Å². The molecule has 0 bridgehead atoms. The van der Waals surface area contributed by atoms with E-state index in [2.05, 4.69) is 231 Å². The quantitative estimate of drug-likeness (QED) is 0.156. The average molecular weight is 772 g/mol. The van der Waals surface area contributed by atoms with Gasteiger partial charge in [-0.2, -0.15) is 0 Å². The molecule has 0 atom stereocenters. The maximum Gasteiger partial charge on any atom is 0.0546 e. The van der Waals surface area contributed by atoms with Crippen LogP contribution in [0.2, 0.25) is 0 Å². The predicted octanol–water partition coefficient (Wildman–Crippen LogP) is 16.5. The second kappa shape index (κ2) is 14.1. The zero-order valence-electron chi connectivity index (χ0n) is 33.1. The molecule has 0 aliphatic heterocycles. The molecule has 0 saturated carbocycles. The Morgan fingerprint density at radius 2 is 0.932 bits per heavy atom. The first-order chi connectivity index (χ1) is 29.0. The Balaban J connectivity index is 1.16. The van der Waals surface area contributed by atoms with E-state index in [1.54, 1.807) is 0 Å². The molecule has 1 aliphatic rings. The molecule has 59 heavy (non-hydrogen) atoms. The van der Waals surface area contributed by atoms with E-state index in [0.29, 0.717) is 0 Å². The Kier molecular flexibility index (Phi) is 8.43. The lowest BCUT2D eigenvalue weighted by Crippen LogP contribution is -2.14. The number of hydrogen-bond donors (Lipinski definition) is 0. The van der Waals surface area contributed by atoms with Gasteiger partial charge in [0.1, 0.15) is 0 Å². The summed E-state index contributed by atoms with van der Waals surface area (Å²) in [4.78, 5) is 2.47. The van der Waals surface area contributed by atoms with Crippen LogP contribution < -0.4 is 4.90 Å². The first-order valence-corrected chi connectivity index (χ1v) is 21.2. The molecule has 280 valence electrons. The van der Waals surface area contributed by atoms with Crippen molar-refractivity contribution < 1.29 is 0 Å². The van der Waals surface area contributed by atoms with Crippen LogP contribution in [-0.4, -0.2) is 0 Å². The van der Waals surface area contributed by atoms with Crippen LogP contribution in [0.3, 0.4) is 0 Å². The monoisotopic (exact) mass is 771 g/mol. The fourth-order valence-electron chi connectivity index (χ4n) is 9.47. The summed E-state index contributed by atoms with van der Waals surface area (Å²) in [5.74, 6) is 0. The van der Waals surface area contributed by atoms with Gasteiger partial charge in [0.15, 0.2) is 0 Å². The summed E-state index contributed by atoms with van der Waals surface area (Å²) in [6, 6.07) is 78.2. The van der Waals surface area contributed by atoms with E-state index < -0.39 is 0 Å². The van der Waals surface area contributed by atoms with Crippen LogP contribution in [-0.2, 0) is 5.41 Å². The fraction of sp³-hybridized carbons (Fsp3) is 0.0526. The van der Waals surface area contributed by atoms with E-state index in [-0.39, 0.29) is 5.41 Å². The highest BCUT2D eigenvalue weighted by Gasteiger charge is 2.35. The van der Waals surface area contributed by atoms with Crippen molar-refractivity contribution in [1.82, 2.24) is 0 Å². The molecule has 9 aromatic carbocycles. The van der Waals surface area contributed by atoms with Crippen LogP contribution >= 0.6 is 11.3 Å². The van der Waals surface area contributed by atoms with Crippen molar-refractivity contribution in [3.05, 3.63) is 223 Å². The molecule has 0 spiro atoms. The van der Waals surface area contributed by atoms with Crippen LogP contribution in [0.15, 0.2) is 212 Å². The van der Waals surface area contributed by atoms with E-state index >= 15 is 0 Å². The van der Waals surface area contributed by atoms with Crippen molar-refractivity contribution in [3.8, 4) is 55.6 Å². The minimum Gasteiger partial charge on any atom is -0.310 e. The Labute approximate surface area is 350 Å². The molecule has 0 saturated heterocycles. The van der Waals surface area contributed by atoms with Gasteiger partial charge in [-0.05, 0) is 110 Å². The highest BCUT2D eigenvalue weighted by molar-refractivity contribution is 7.25.